The summed E-state index contributed by atoms with van der Waals surface area (Å²) in [6.45, 7) is 11.2. The standard InChI is InChI=1S/C18H31NO4Si/c1-18(2,3)10-7-11-9-12-15(20)14(17(21)22-4)19(11)13(8-10)16(12)23-24(5)6/h10-14,16,24H,7-9H2,1-6H3. The molecule has 4 aliphatic heterocycles. The SMILES string of the molecule is COC(=O)C1C(=O)C2CC3CC(C(C)(C)C)CC(C2O[SiH](C)C)N31. The Bertz CT molecular complexity index is 530. The van der Waals surface area contributed by atoms with Crippen LogP contribution < -0.4 is 0 Å². The Labute approximate surface area is 146 Å². The van der Waals surface area contributed by atoms with E-state index in [2.05, 4.69) is 38.8 Å². The van der Waals surface area contributed by atoms with E-state index in [0.717, 1.165) is 19.3 Å². The molecule has 7 unspecified atom stereocenters. The van der Waals surface area contributed by atoms with Crippen LogP contribution in [0.3, 0.4) is 0 Å². The van der Waals surface area contributed by atoms with Crippen LogP contribution in [0.25, 0.3) is 0 Å². The van der Waals surface area contributed by atoms with Gasteiger partial charge in [-0.05, 0) is 43.7 Å². The zero-order valence-electron chi connectivity index (χ0n) is 15.7. The Morgan fingerprint density at radius 3 is 2.42 bits per heavy atom. The topological polar surface area (TPSA) is 55.8 Å². The summed E-state index contributed by atoms with van der Waals surface area (Å²) in [4.78, 5) is 27.3. The molecule has 0 amide bonds. The van der Waals surface area contributed by atoms with Gasteiger partial charge in [0.25, 0.3) is 0 Å². The first-order chi connectivity index (χ1) is 11.1. The van der Waals surface area contributed by atoms with Crippen LogP contribution >= 0.6 is 0 Å². The monoisotopic (exact) mass is 353 g/mol. The van der Waals surface area contributed by atoms with Crippen molar-refractivity contribution in [3.05, 3.63) is 0 Å². The minimum atomic E-state index is -1.26. The van der Waals surface area contributed by atoms with E-state index in [1.807, 2.05) is 0 Å². The first-order valence-corrected chi connectivity index (χ1v) is 12.0. The van der Waals surface area contributed by atoms with Gasteiger partial charge in [0.05, 0.1) is 13.2 Å². The number of piperidine rings is 4. The quantitative estimate of drug-likeness (QED) is 0.441. The number of carbonyl (C=O) groups excluding carboxylic acids is 2. The predicted molar refractivity (Wildman–Crippen MR) is 94.3 cm³/mol. The number of rotatable bonds is 3. The highest BCUT2D eigenvalue weighted by Gasteiger charge is 2.61. The minimum absolute atomic E-state index is 0.0169. The molecule has 4 bridgehead atoms. The van der Waals surface area contributed by atoms with Crippen molar-refractivity contribution in [2.45, 2.75) is 77.4 Å². The Morgan fingerprint density at radius 2 is 1.88 bits per heavy atom. The fourth-order valence-corrected chi connectivity index (χ4v) is 6.03. The third-order valence-corrected chi connectivity index (χ3v) is 7.06. The number of methoxy groups -OCH3 is 1. The molecule has 0 aliphatic carbocycles. The summed E-state index contributed by atoms with van der Waals surface area (Å²) < 4.78 is 11.3. The molecule has 0 aromatic carbocycles. The van der Waals surface area contributed by atoms with Crippen LogP contribution in [0.4, 0.5) is 0 Å². The Hall–Kier alpha value is -0.723. The Balaban J connectivity index is 1.95. The van der Waals surface area contributed by atoms with Gasteiger partial charge in [0.1, 0.15) is 0 Å². The van der Waals surface area contributed by atoms with Crippen molar-refractivity contribution in [1.82, 2.24) is 4.90 Å². The number of carbonyl (C=O) groups is 2. The second-order valence-corrected chi connectivity index (χ2v) is 11.4. The smallest absolute Gasteiger partial charge is 0.330 e. The largest absolute Gasteiger partial charge is 0.468 e. The Kier molecular flexibility index (Phi) is 4.68. The summed E-state index contributed by atoms with van der Waals surface area (Å²) in [7, 11) is 0.116. The summed E-state index contributed by atoms with van der Waals surface area (Å²) in [5, 5.41) is 0. The molecule has 136 valence electrons. The second kappa shape index (κ2) is 6.22. The van der Waals surface area contributed by atoms with Gasteiger partial charge in [-0.15, -0.1) is 0 Å². The minimum Gasteiger partial charge on any atom is -0.468 e. The number of Topliss-reactive ketones (excluding diaryl/α,β-unsaturated/α-hetero) is 1. The van der Waals surface area contributed by atoms with E-state index in [0.29, 0.717) is 12.0 Å². The molecule has 0 radical (unpaired) electrons. The van der Waals surface area contributed by atoms with Gasteiger partial charge in [0, 0.05) is 18.0 Å². The van der Waals surface area contributed by atoms with Crippen molar-refractivity contribution in [2.75, 3.05) is 7.11 Å². The van der Waals surface area contributed by atoms with Gasteiger partial charge < -0.3 is 9.16 Å². The van der Waals surface area contributed by atoms with Gasteiger partial charge >= 0.3 is 5.97 Å². The average Bonchev–Trinajstić information content (AvgIpc) is 2.48. The van der Waals surface area contributed by atoms with Crippen molar-refractivity contribution in [3.8, 4) is 0 Å². The number of ketones is 1. The zero-order valence-corrected chi connectivity index (χ0v) is 16.9. The lowest BCUT2D eigenvalue weighted by atomic mass is 9.61. The van der Waals surface area contributed by atoms with Crippen molar-refractivity contribution in [1.29, 1.82) is 0 Å². The Morgan fingerprint density at radius 1 is 1.21 bits per heavy atom. The molecule has 0 aromatic heterocycles. The molecular weight excluding hydrogens is 322 g/mol. The molecule has 4 aliphatic rings. The zero-order chi connectivity index (χ0) is 17.8. The summed E-state index contributed by atoms with van der Waals surface area (Å²) in [6.07, 6.45) is 2.86. The van der Waals surface area contributed by atoms with Gasteiger partial charge in [0.15, 0.2) is 20.9 Å². The molecular formula is C18H31NO4Si. The third kappa shape index (κ3) is 2.86. The van der Waals surface area contributed by atoms with Crippen molar-refractivity contribution < 1.29 is 18.8 Å². The van der Waals surface area contributed by atoms with Crippen LogP contribution in [-0.2, 0) is 18.8 Å². The molecule has 4 heterocycles. The first-order valence-electron chi connectivity index (χ1n) is 9.19. The van der Waals surface area contributed by atoms with Crippen molar-refractivity contribution >= 4 is 20.8 Å². The maximum atomic E-state index is 12.9. The number of esters is 1. The van der Waals surface area contributed by atoms with E-state index >= 15 is 0 Å². The molecule has 0 aromatic rings. The molecule has 4 saturated heterocycles. The molecule has 4 fully saturated rings. The van der Waals surface area contributed by atoms with Crippen LogP contribution in [0.15, 0.2) is 0 Å². The summed E-state index contributed by atoms with van der Waals surface area (Å²) in [5.41, 5.74) is 0.235. The van der Waals surface area contributed by atoms with Gasteiger partial charge in [-0.25, -0.2) is 4.79 Å². The molecule has 7 atom stereocenters. The van der Waals surface area contributed by atoms with E-state index in [9.17, 15) is 9.59 Å². The maximum absolute atomic E-state index is 12.9. The van der Waals surface area contributed by atoms with Crippen LogP contribution in [0.2, 0.25) is 13.1 Å². The maximum Gasteiger partial charge on any atom is 0.330 e. The number of ether oxygens (including phenoxy) is 1. The summed E-state index contributed by atoms with van der Waals surface area (Å²) in [5.74, 6) is 0.0819. The number of hydrogen-bond acceptors (Lipinski definition) is 5. The fraction of sp³-hybridized carbons (Fsp3) is 0.889. The van der Waals surface area contributed by atoms with Crippen molar-refractivity contribution in [3.63, 3.8) is 0 Å². The predicted octanol–water partition coefficient (Wildman–Crippen LogP) is 1.99. The van der Waals surface area contributed by atoms with Crippen LogP contribution in [0.1, 0.15) is 40.0 Å². The van der Waals surface area contributed by atoms with E-state index < -0.39 is 21.1 Å². The first kappa shape index (κ1) is 18.1. The summed E-state index contributed by atoms with van der Waals surface area (Å²) in [6, 6.07) is -0.241. The average molecular weight is 354 g/mol. The van der Waals surface area contributed by atoms with Gasteiger partial charge in [0.2, 0.25) is 0 Å². The second-order valence-electron chi connectivity index (χ2n) is 9.02. The lowest BCUT2D eigenvalue weighted by molar-refractivity contribution is -0.188. The van der Waals surface area contributed by atoms with Crippen LogP contribution in [-0.4, -0.2) is 57.0 Å². The van der Waals surface area contributed by atoms with Crippen LogP contribution in [0.5, 0.6) is 0 Å². The molecule has 0 saturated carbocycles. The molecule has 4 rings (SSSR count). The van der Waals surface area contributed by atoms with E-state index in [4.69, 9.17) is 9.16 Å². The molecule has 5 nitrogen and oxygen atoms in total. The number of hydrogen-bond donors (Lipinski definition) is 0. The van der Waals surface area contributed by atoms with Gasteiger partial charge in [-0.2, -0.15) is 0 Å². The highest BCUT2D eigenvalue weighted by molar-refractivity contribution is 6.48. The molecule has 0 N–H and O–H groups in total. The van der Waals surface area contributed by atoms with E-state index in [-0.39, 0.29) is 29.3 Å². The lowest BCUT2D eigenvalue weighted by Gasteiger charge is -2.61. The normalized spacial score (nSPS) is 41.6. The highest BCUT2D eigenvalue weighted by atomic mass is 28.3. The summed E-state index contributed by atoms with van der Waals surface area (Å²) >= 11 is 0. The number of nitrogens with zero attached hydrogens (tertiary/aromatic N) is 1. The molecule has 0 spiro atoms. The highest BCUT2D eigenvalue weighted by Crippen LogP contribution is 2.51. The van der Waals surface area contributed by atoms with Crippen LogP contribution in [0, 0.1) is 17.3 Å². The fourth-order valence-electron chi connectivity index (χ4n) is 5.03. The van der Waals surface area contributed by atoms with Gasteiger partial charge in [-0.1, -0.05) is 20.8 Å². The third-order valence-electron chi connectivity index (χ3n) is 6.20. The molecule has 6 heteroatoms. The number of fused-ring (bicyclic) bond motifs is 1. The van der Waals surface area contributed by atoms with E-state index in [1.165, 1.54) is 7.11 Å². The molecule has 24 heavy (non-hydrogen) atoms. The van der Waals surface area contributed by atoms with E-state index in [1.54, 1.807) is 0 Å². The van der Waals surface area contributed by atoms with Crippen molar-refractivity contribution in [2.24, 2.45) is 17.3 Å². The lowest BCUT2D eigenvalue weighted by Crippen LogP contribution is -2.75. The van der Waals surface area contributed by atoms with Gasteiger partial charge in [-0.3, -0.25) is 9.69 Å².